The number of likely N-dealkylation sites (tertiary alicyclic amines) is 1. The van der Waals surface area contributed by atoms with Crippen LogP contribution in [0.5, 0.6) is 0 Å². The summed E-state index contributed by atoms with van der Waals surface area (Å²) < 4.78 is 1.16. The van der Waals surface area contributed by atoms with Crippen molar-refractivity contribution < 1.29 is 0 Å². The Balaban J connectivity index is 1.56. The van der Waals surface area contributed by atoms with Crippen LogP contribution >= 0.6 is 15.9 Å². The van der Waals surface area contributed by atoms with E-state index in [2.05, 4.69) is 57.5 Å². The number of hydrogen-bond donors (Lipinski definition) is 1. The van der Waals surface area contributed by atoms with E-state index in [0.29, 0.717) is 6.04 Å². The Bertz CT molecular complexity index is 445. The summed E-state index contributed by atoms with van der Waals surface area (Å²) in [7, 11) is 2.08. The second-order valence-corrected chi connectivity index (χ2v) is 7.53. The molecule has 0 aromatic heterocycles. The molecule has 0 spiro atoms. The van der Waals surface area contributed by atoms with Gasteiger partial charge in [0, 0.05) is 23.1 Å². The highest BCUT2D eigenvalue weighted by Gasteiger charge is 2.35. The van der Waals surface area contributed by atoms with Crippen LogP contribution in [0, 0.1) is 5.92 Å². The first kappa shape index (κ1) is 15.5. The molecule has 3 atom stereocenters. The van der Waals surface area contributed by atoms with Crippen LogP contribution in [0.4, 0.5) is 0 Å². The van der Waals surface area contributed by atoms with Gasteiger partial charge in [-0.2, -0.15) is 0 Å². The zero-order valence-electron chi connectivity index (χ0n) is 13.0. The van der Waals surface area contributed by atoms with E-state index in [1.165, 1.54) is 57.2 Å². The molecule has 3 unspecified atom stereocenters. The molecule has 3 heteroatoms. The van der Waals surface area contributed by atoms with Crippen molar-refractivity contribution in [1.29, 1.82) is 0 Å². The Morgan fingerprint density at radius 2 is 1.95 bits per heavy atom. The highest BCUT2D eigenvalue weighted by molar-refractivity contribution is 9.10. The standard InChI is InChI=1S/C18H27BrN2/c1-20-17(14-6-8-16(19)9-7-14)11-13-21-12-10-15-4-2-3-5-18(15)21/h6-9,15,17-18,20H,2-5,10-13H2,1H3. The molecule has 21 heavy (non-hydrogen) atoms. The summed E-state index contributed by atoms with van der Waals surface area (Å²) in [6.07, 6.45) is 8.47. The molecule has 1 aliphatic carbocycles. The zero-order valence-corrected chi connectivity index (χ0v) is 14.6. The van der Waals surface area contributed by atoms with Crippen molar-refractivity contribution in [1.82, 2.24) is 10.2 Å². The lowest BCUT2D eigenvalue weighted by Gasteiger charge is -2.32. The molecule has 1 saturated heterocycles. The normalized spacial score (nSPS) is 27.5. The molecule has 2 nitrogen and oxygen atoms in total. The van der Waals surface area contributed by atoms with Crippen LogP contribution in [0.3, 0.4) is 0 Å². The largest absolute Gasteiger partial charge is 0.313 e. The van der Waals surface area contributed by atoms with Crippen LogP contribution in [0.2, 0.25) is 0 Å². The van der Waals surface area contributed by atoms with Gasteiger partial charge in [0.25, 0.3) is 0 Å². The summed E-state index contributed by atoms with van der Waals surface area (Å²) in [5.41, 5.74) is 1.40. The van der Waals surface area contributed by atoms with Crippen molar-refractivity contribution in [3.63, 3.8) is 0 Å². The second kappa shape index (κ2) is 7.26. The maximum atomic E-state index is 3.52. The number of hydrogen-bond acceptors (Lipinski definition) is 2. The van der Waals surface area contributed by atoms with E-state index >= 15 is 0 Å². The summed E-state index contributed by atoms with van der Waals surface area (Å²) in [6.45, 7) is 2.56. The van der Waals surface area contributed by atoms with E-state index in [1.807, 2.05) is 0 Å². The van der Waals surface area contributed by atoms with E-state index in [4.69, 9.17) is 0 Å². The summed E-state index contributed by atoms with van der Waals surface area (Å²) in [5, 5.41) is 3.49. The van der Waals surface area contributed by atoms with E-state index in [0.717, 1.165) is 16.4 Å². The SMILES string of the molecule is CNC(CCN1CCC2CCCCC21)c1ccc(Br)cc1. The highest BCUT2D eigenvalue weighted by Crippen LogP contribution is 2.36. The van der Waals surface area contributed by atoms with Gasteiger partial charge in [0.05, 0.1) is 0 Å². The highest BCUT2D eigenvalue weighted by atomic mass is 79.9. The first-order valence-corrected chi connectivity index (χ1v) is 9.24. The minimum atomic E-state index is 0.473. The number of halogens is 1. The maximum absolute atomic E-state index is 3.52. The lowest BCUT2D eigenvalue weighted by molar-refractivity contribution is 0.176. The monoisotopic (exact) mass is 350 g/mol. The third-order valence-corrected chi connectivity index (χ3v) is 5.98. The van der Waals surface area contributed by atoms with Gasteiger partial charge in [-0.3, -0.25) is 0 Å². The number of fused-ring (bicyclic) bond motifs is 1. The lowest BCUT2D eigenvalue weighted by atomic mass is 9.85. The van der Waals surface area contributed by atoms with E-state index < -0.39 is 0 Å². The van der Waals surface area contributed by atoms with Crippen molar-refractivity contribution in [2.75, 3.05) is 20.1 Å². The summed E-state index contributed by atoms with van der Waals surface area (Å²) >= 11 is 3.52. The van der Waals surface area contributed by atoms with Crippen LogP contribution in [0.15, 0.2) is 28.7 Å². The van der Waals surface area contributed by atoms with Gasteiger partial charge in [0.1, 0.15) is 0 Å². The summed E-state index contributed by atoms with van der Waals surface area (Å²) in [4.78, 5) is 2.77. The Kier molecular flexibility index (Phi) is 5.36. The molecule has 0 amide bonds. The third-order valence-electron chi connectivity index (χ3n) is 5.45. The minimum Gasteiger partial charge on any atom is -0.313 e. The van der Waals surface area contributed by atoms with Gasteiger partial charge < -0.3 is 10.2 Å². The molecule has 2 fully saturated rings. The summed E-state index contributed by atoms with van der Waals surface area (Å²) in [5.74, 6) is 1.000. The average Bonchev–Trinajstić information content (AvgIpc) is 2.93. The first-order valence-electron chi connectivity index (χ1n) is 8.44. The van der Waals surface area contributed by atoms with Crippen LogP contribution < -0.4 is 5.32 Å². The molecule has 0 radical (unpaired) electrons. The van der Waals surface area contributed by atoms with E-state index in [1.54, 1.807) is 0 Å². The van der Waals surface area contributed by atoms with Crippen LogP contribution in [0.25, 0.3) is 0 Å². The number of nitrogens with zero attached hydrogens (tertiary/aromatic N) is 1. The van der Waals surface area contributed by atoms with Crippen molar-refractivity contribution in [2.45, 2.75) is 50.6 Å². The maximum Gasteiger partial charge on any atom is 0.0329 e. The molecule has 116 valence electrons. The molecule has 1 aliphatic heterocycles. The van der Waals surface area contributed by atoms with Crippen molar-refractivity contribution in [2.24, 2.45) is 5.92 Å². The Hall–Kier alpha value is -0.380. The predicted molar refractivity (Wildman–Crippen MR) is 92.5 cm³/mol. The average molecular weight is 351 g/mol. The Labute approximate surface area is 137 Å². The third kappa shape index (κ3) is 3.69. The quantitative estimate of drug-likeness (QED) is 0.848. The molecule has 1 N–H and O–H groups in total. The van der Waals surface area contributed by atoms with Gasteiger partial charge in [-0.15, -0.1) is 0 Å². The van der Waals surface area contributed by atoms with E-state index in [-0.39, 0.29) is 0 Å². The van der Waals surface area contributed by atoms with Crippen LogP contribution in [-0.4, -0.2) is 31.1 Å². The number of benzene rings is 1. The topological polar surface area (TPSA) is 15.3 Å². The zero-order chi connectivity index (χ0) is 14.7. The molecule has 0 bridgehead atoms. The molecule has 1 aromatic rings. The first-order chi connectivity index (χ1) is 10.3. The van der Waals surface area contributed by atoms with Crippen molar-refractivity contribution >= 4 is 15.9 Å². The number of rotatable bonds is 5. The Morgan fingerprint density at radius 3 is 2.71 bits per heavy atom. The van der Waals surface area contributed by atoms with Gasteiger partial charge in [-0.25, -0.2) is 0 Å². The molecule has 2 aliphatic rings. The van der Waals surface area contributed by atoms with E-state index in [9.17, 15) is 0 Å². The minimum absolute atomic E-state index is 0.473. The van der Waals surface area contributed by atoms with Gasteiger partial charge in [0.2, 0.25) is 0 Å². The van der Waals surface area contributed by atoms with Gasteiger partial charge in [-0.05, 0) is 62.9 Å². The fourth-order valence-electron chi connectivity index (χ4n) is 4.25. The smallest absolute Gasteiger partial charge is 0.0329 e. The van der Waals surface area contributed by atoms with Crippen molar-refractivity contribution in [3.05, 3.63) is 34.3 Å². The molecule has 1 heterocycles. The lowest BCUT2D eigenvalue weighted by Crippen LogP contribution is -2.36. The van der Waals surface area contributed by atoms with Gasteiger partial charge >= 0.3 is 0 Å². The fraction of sp³-hybridized carbons (Fsp3) is 0.667. The van der Waals surface area contributed by atoms with Crippen LogP contribution in [-0.2, 0) is 0 Å². The summed E-state index contributed by atoms with van der Waals surface area (Å²) in [6, 6.07) is 10.1. The van der Waals surface area contributed by atoms with Crippen molar-refractivity contribution in [3.8, 4) is 0 Å². The van der Waals surface area contributed by atoms with Crippen LogP contribution in [0.1, 0.15) is 50.1 Å². The van der Waals surface area contributed by atoms with Gasteiger partial charge in [-0.1, -0.05) is 40.9 Å². The molecular weight excluding hydrogens is 324 g/mol. The Morgan fingerprint density at radius 1 is 1.19 bits per heavy atom. The molecular formula is C18H27BrN2. The molecule has 1 aromatic carbocycles. The predicted octanol–water partition coefficient (Wildman–Crippen LogP) is 4.36. The second-order valence-electron chi connectivity index (χ2n) is 6.62. The fourth-order valence-corrected chi connectivity index (χ4v) is 4.51. The number of nitrogens with one attached hydrogen (secondary N) is 1. The molecule has 1 saturated carbocycles. The molecule has 3 rings (SSSR count). The van der Waals surface area contributed by atoms with Gasteiger partial charge in [0.15, 0.2) is 0 Å².